The maximum absolute atomic E-state index is 10.8. The van der Waals surface area contributed by atoms with Crippen LogP contribution in [0.25, 0.3) is 11.0 Å². The summed E-state index contributed by atoms with van der Waals surface area (Å²) in [6.07, 6.45) is 0. The van der Waals surface area contributed by atoms with E-state index in [2.05, 4.69) is 14.7 Å². The Morgan fingerprint density at radius 2 is 1.56 bits per heavy atom. The van der Waals surface area contributed by atoms with E-state index in [9.17, 15) is 4.79 Å². The fourth-order valence-corrected chi connectivity index (χ4v) is 1.15. The number of hydrogen-bond acceptors (Lipinski definition) is 2. The smallest absolute Gasteiger partial charge is 0.323 e. The molecule has 16 heavy (non-hydrogen) atoms. The molecule has 1 aromatic heterocycles. The molecule has 0 aliphatic carbocycles. The highest BCUT2D eigenvalue weighted by Gasteiger charge is 1.95. The second-order valence-electron chi connectivity index (χ2n) is 3.04. The molecule has 0 fully saturated rings. The van der Waals surface area contributed by atoms with Crippen LogP contribution in [0.5, 0.6) is 0 Å². The van der Waals surface area contributed by atoms with E-state index < -0.39 is 0 Å². The highest BCUT2D eigenvalue weighted by molar-refractivity contribution is 5.74. The van der Waals surface area contributed by atoms with Crippen molar-refractivity contribution in [3.8, 4) is 0 Å². The Labute approximate surface area is 95.7 Å². The quantitative estimate of drug-likeness (QED) is 0.722. The number of ether oxygens (including phenoxy) is 1. The molecule has 0 bridgehead atoms. The van der Waals surface area contributed by atoms with Gasteiger partial charge >= 0.3 is 5.69 Å². The van der Waals surface area contributed by atoms with Gasteiger partial charge in [-0.3, -0.25) is 0 Å². The Bertz CT molecular complexity index is 457. The van der Waals surface area contributed by atoms with Gasteiger partial charge in [-0.15, -0.1) is 0 Å². The van der Waals surface area contributed by atoms with Crippen molar-refractivity contribution in [2.45, 2.75) is 20.8 Å². The van der Waals surface area contributed by atoms with Gasteiger partial charge in [-0.05, 0) is 24.6 Å². The Balaban J connectivity index is 0.000000394. The third kappa shape index (κ3) is 4.31. The number of nitrogens with one attached hydrogen (secondary N) is 2. The first-order valence-electron chi connectivity index (χ1n) is 5.26. The summed E-state index contributed by atoms with van der Waals surface area (Å²) in [7, 11) is 3.25. The van der Waals surface area contributed by atoms with E-state index in [1.165, 1.54) is 0 Å². The minimum atomic E-state index is -0.148. The summed E-state index contributed by atoms with van der Waals surface area (Å²) >= 11 is 0. The standard InChI is InChI=1S/C8H8N2O.C2H6O.C2H6/c1-5-2-3-6-7(4-5)10-8(11)9-6;1-3-2;1-2/h2-4H,1H3,(H2,9,10,11);1-2H3;1-2H3. The number of hydrogen-bond donors (Lipinski definition) is 2. The van der Waals surface area contributed by atoms with Crippen LogP contribution in [0.2, 0.25) is 0 Å². The van der Waals surface area contributed by atoms with Crippen molar-refractivity contribution < 1.29 is 4.74 Å². The molecule has 1 heterocycles. The number of aromatic amines is 2. The Morgan fingerprint density at radius 3 is 2.12 bits per heavy atom. The zero-order chi connectivity index (χ0) is 12.6. The van der Waals surface area contributed by atoms with Crippen molar-refractivity contribution in [1.82, 2.24) is 9.97 Å². The minimum absolute atomic E-state index is 0.148. The van der Waals surface area contributed by atoms with Crippen molar-refractivity contribution in [2.75, 3.05) is 14.2 Å². The lowest BCUT2D eigenvalue weighted by Crippen LogP contribution is -1.99. The van der Waals surface area contributed by atoms with Crippen molar-refractivity contribution in [2.24, 2.45) is 0 Å². The molecule has 90 valence electrons. The molecule has 0 saturated heterocycles. The third-order valence-corrected chi connectivity index (χ3v) is 1.67. The highest BCUT2D eigenvalue weighted by atomic mass is 16.4. The fourth-order valence-electron chi connectivity index (χ4n) is 1.15. The van der Waals surface area contributed by atoms with Crippen molar-refractivity contribution in [3.05, 3.63) is 34.2 Å². The van der Waals surface area contributed by atoms with E-state index in [0.717, 1.165) is 16.6 Å². The number of fused-ring (bicyclic) bond motifs is 1. The minimum Gasteiger partial charge on any atom is -0.388 e. The summed E-state index contributed by atoms with van der Waals surface area (Å²) in [5, 5.41) is 0. The molecular weight excluding hydrogens is 204 g/mol. The Morgan fingerprint density at radius 1 is 1.06 bits per heavy atom. The molecule has 2 rings (SSSR count). The number of rotatable bonds is 0. The normalized spacial score (nSPS) is 8.81. The van der Waals surface area contributed by atoms with Gasteiger partial charge in [0.15, 0.2) is 0 Å². The average molecular weight is 224 g/mol. The van der Waals surface area contributed by atoms with Gasteiger partial charge in [0, 0.05) is 14.2 Å². The Hall–Kier alpha value is -1.55. The second kappa shape index (κ2) is 7.70. The number of imidazole rings is 1. The maximum Gasteiger partial charge on any atom is 0.323 e. The first kappa shape index (κ1) is 14.5. The highest BCUT2D eigenvalue weighted by Crippen LogP contribution is 2.08. The lowest BCUT2D eigenvalue weighted by Gasteiger charge is -1.89. The Kier molecular flexibility index (Phi) is 6.96. The van der Waals surface area contributed by atoms with Gasteiger partial charge in [0.05, 0.1) is 11.0 Å². The van der Waals surface area contributed by atoms with Crippen LogP contribution in [0, 0.1) is 6.92 Å². The van der Waals surface area contributed by atoms with Gasteiger partial charge in [-0.1, -0.05) is 19.9 Å². The average Bonchev–Trinajstić information content (AvgIpc) is 2.61. The summed E-state index contributed by atoms with van der Waals surface area (Å²) in [6, 6.07) is 5.79. The molecule has 1 aromatic carbocycles. The summed E-state index contributed by atoms with van der Waals surface area (Å²) < 4.78 is 4.25. The van der Waals surface area contributed by atoms with E-state index >= 15 is 0 Å². The summed E-state index contributed by atoms with van der Waals surface area (Å²) in [4.78, 5) is 16.2. The van der Waals surface area contributed by atoms with Crippen molar-refractivity contribution in [3.63, 3.8) is 0 Å². The van der Waals surface area contributed by atoms with Gasteiger partial charge in [0.1, 0.15) is 0 Å². The largest absolute Gasteiger partial charge is 0.388 e. The van der Waals surface area contributed by atoms with Crippen LogP contribution in [-0.4, -0.2) is 24.2 Å². The monoisotopic (exact) mass is 224 g/mol. The van der Waals surface area contributed by atoms with Crippen LogP contribution in [0.3, 0.4) is 0 Å². The molecule has 0 radical (unpaired) electrons. The van der Waals surface area contributed by atoms with Crippen LogP contribution in [0.4, 0.5) is 0 Å². The van der Waals surface area contributed by atoms with Crippen molar-refractivity contribution >= 4 is 11.0 Å². The summed E-state index contributed by atoms with van der Waals surface area (Å²) in [5.41, 5.74) is 2.73. The molecule has 0 saturated carbocycles. The van der Waals surface area contributed by atoms with Crippen LogP contribution >= 0.6 is 0 Å². The molecule has 2 N–H and O–H groups in total. The van der Waals surface area contributed by atoms with Crippen LogP contribution < -0.4 is 5.69 Å². The molecule has 0 atom stereocenters. The molecule has 0 aliphatic rings. The van der Waals surface area contributed by atoms with E-state index in [1.54, 1.807) is 14.2 Å². The van der Waals surface area contributed by atoms with Crippen LogP contribution in [0.1, 0.15) is 19.4 Å². The van der Waals surface area contributed by atoms with Gasteiger partial charge in [-0.2, -0.15) is 0 Å². The van der Waals surface area contributed by atoms with Crippen molar-refractivity contribution in [1.29, 1.82) is 0 Å². The molecule has 0 aliphatic heterocycles. The molecule has 0 spiro atoms. The maximum atomic E-state index is 10.8. The fraction of sp³-hybridized carbons (Fsp3) is 0.417. The predicted molar refractivity (Wildman–Crippen MR) is 67.9 cm³/mol. The molecular formula is C12H20N2O2. The lowest BCUT2D eigenvalue weighted by atomic mass is 10.2. The zero-order valence-electron chi connectivity index (χ0n) is 10.5. The molecule has 0 unspecified atom stereocenters. The topological polar surface area (TPSA) is 57.9 Å². The SMILES string of the molecule is CC.COC.Cc1ccc2[nH]c(=O)[nH]c2c1. The number of H-pyrrole nitrogens is 2. The van der Waals surface area contributed by atoms with Gasteiger partial charge in [0.25, 0.3) is 0 Å². The summed E-state index contributed by atoms with van der Waals surface area (Å²) in [5.74, 6) is 0. The van der Waals surface area contributed by atoms with E-state index in [-0.39, 0.29) is 5.69 Å². The summed E-state index contributed by atoms with van der Waals surface area (Å²) in [6.45, 7) is 5.99. The number of aryl methyl sites for hydroxylation is 1. The molecule has 4 heteroatoms. The van der Waals surface area contributed by atoms with Gasteiger partial charge in [-0.25, -0.2) is 4.79 Å². The van der Waals surface area contributed by atoms with E-state index in [4.69, 9.17) is 0 Å². The third-order valence-electron chi connectivity index (χ3n) is 1.67. The zero-order valence-corrected chi connectivity index (χ0v) is 10.5. The first-order chi connectivity index (χ1) is 7.67. The van der Waals surface area contributed by atoms with Crippen LogP contribution in [0.15, 0.2) is 23.0 Å². The first-order valence-corrected chi connectivity index (χ1v) is 5.26. The molecule has 0 amide bonds. The lowest BCUT2D eigenvalue weighted by molar-refractivity contribution is 0.277. The number of benzene rings is 1. The second-order valence-corrected chi connectivity index (χ2v) is 3.04. The van der Waals surface area contributed by atoms with Gasteiger partial charge < -0.3 is 14.7 Å². The van der Waals surface area contributed by atoms with E-state index in [0.29, 0.717) is 0 Å². The van der Waals surface area contributed by atoms with Crippen LogP contribution in [-0.2, 0) is 4.74 Å². The van der Waals surface area contributed by atoms with Gasteiger partial charge in [0.2, 0.25) is 0 Å². The number of methoxy groups -OCH3 is 1. The van der Waals surface area contributed by atoms with E-state index in [1.807, 2.05) is 39.0 Å². The molecule has 4 nitrogen and oxygen atoms in total. The molecule has 2 aromatic rings. The predicted octanol–water partition coefficient (Wildman–Crippen LogP) is 2.45. The number of aromatic nitrogens is 2.